The molecule has 1 aromatic rings. The first kappa shape index (κ1) is 15.0. The van der Waals surface area contributed by atoms with E-state index < -0.39 is 0 Å². The Hall–Kier alpha value is -1.35. The zero-order valence-corrected chi connectivity index (χ0v) is 12.6. The van der Waals surface area contributed by atoms with Crippen molar-refractivity contribution in [2.75, 3.05) is 14.2 Å². The van der Waals surface area contributed by atoms with Crippen LogP contribution in [-0.2, 0) is 4.74 Å². The SMILES string of the molecule is COc1ccc(C)cc1C(=O)C(OC)C1CCCCC1. The fourth-order valence-electron chi connectivity index (χ4n) is 3.12. The van der Waals surface area contributed by atoms with Crippen LogP contribution >= 0.6 is 0 Å². The first-order valence-electron chi connectivity index (χ1n) is 7.39. The molecule has 0 N–H and O–H groups in total. The monoisotopic (exact) mass is 276 g/mol. The predicted molar refractivity (Wildman–Crippen MR) is 79.4 cm³/mol. The van der Waals surface area contributed by atoms with Crippen LogP contribution in [-0.4, -0.2) is 26.1 Å². The second-order valence-electron chi connectivity index (χ2n) is 5.62. The molecule has 1 aromatic carbocycles. The summed E-state index contributed by atoms with van der Waals surface area (Å²) in [7, 11) is 3.24. The van der Waals surface area contributed by atoms with Gasteiger partial charge in [0.2, 0.25) is 0 Å². The summed E-state index contributed by atoms with van der Waals surface area (Å²) in [6.45, 7) is 1.98. The number of ether oxygens (including phenoxy) is 2. The number of benzene rings is 1. The van der Waals surface area contributed by atoms with E-state index in [9.17, 15) is 4.79 Å². The minimum Gasteiger partial charge on any atom is -0.496 e. The predicted octanol–water partition coefficient (Wildman–Crippen LogP) is 3.78. The molecule has 3 nitrogen and oxygen atoms in total. The lowest BCUT2D eigenvalue weighted by atomic mass is 9.82. The maximum atomic E-state index is 12.8. The van der Waals surface area contributed by atoms with Crippen LogP contribution in [0.2, 0.25) is 0 Å². The first-order chi connectivity index (χ1) is 9.67. The zero-order chi connectivity index (χ0) is 14.5. The molecule has 1 atom stereocenters. The highest BCUT2D eigenvalue weighted by atomic mass is 16.5. The molecule has 0 radical (unpaired) electrons. The minimum atomic E-state index is -0.342. The standard InChI is InChI=1S/C17H24O3/c1-12-9-10-15(19-2)14(11-12)16(18)17(20-3)13-7-5-4-6-8-13/h9-11,13,17H,4-8H2,1-3H3. The van der Waals surface area contributed by atoms with Crippen molar-refractivity contribution in [3.8, 4) is 5.75 Å². The van der Waals surface area contributed by atoms with Crippen molar-refractivity contribution in [3.05, 3.63) is 29.3 Å². The number of rotatable bonds is 5. The van der Waals surface area contributed by atoms with Crippen molar-refractivity contribution >= 4 is 5.78 Å². The molecule has 0 bridgehead atoms. The molecule has 0 spiro atoms. The maximum absolute atomic E-state index is 12.8. The van der Waals surface area contributed by atoms with E-state index in [0.29, 0.717) is 17.2 Å². The van der Waals surface area contributed by atoms with E-state index in [-0.39, 0.29) is 11.9 Å². The summed E-state index contributed by atoms with van der Waals surface area (Å²) >= 11 is 0. The molecule has 0 aromatic heterocycles. The van der Waals surface area contributed by atoms with Gasteiger partial charge in [-0.1, -0.05) is 30.9 Å². The zero-order valence-electron chi connectivity index (χ0n) is 12.6. The van der Waals surface area contributed by atoms with Crippen molar-refractivity contribution in [1.29, 1.82) is 0 Å². The summed E-state index contributed by atoms with van der Waals surface area (Å²) in [5.74, 6) is 1.03. The molecule has 3 heteroatoms. The van der Waals surface area contributed by atoms with Gasteiger partial charge >= 0.3 is 0 Å². The van der Waals surface area contributed by atoms with Gasteiger partial charge in [0.25, 0.3) is 0 Å². The van der Waals surface area contributed by atoms with Crippen molar-refractivity contribution in [2.24, 2.45) is 5.92 Å². The van der Waals surface area contributed by atoms with Gasteiger partial charge in [0, 0.05) is 7.11 Å². The number of carbonyl (C=O) groups is 1. The molecule has 0 amide bonds. The second-order valence-corrected chi connectivity index (χ2v) is 5.62. The lowest BCUT2D eigenvalue weighted by Crippen LogP contribution is -2.33. The maximum Gasteiger partial charge on any atom is 0.195 e. The fraction of sp³-hybridized carbons (Fsp3) is 0.588. The van der Waals surface area contributed by atoms with Gasteiger partial charge in [-0.25, -0.2) is 0 Å². The molecular weight excluding hydrogens is 252 g/mol. The molecule has 0 aliphatic heterocycles. The topological polar surface area (TPSA) is 35.5 Å². The van der Waals surface area contributed by atoms with Gasteiger partial charge in [0.1, 0.15) is 11.9 Å². The molecule has 2 rings (SSSR count). The van der Waals surface area contributed by atoms with Crippen LogP contribution < -0.4 is 4.74 Å². The Labute approximate surface area is 121 Å². The number of Topliss-reactive ketones (excluding diaryl/α,β-unsaturated/α-hetero) is 1. The Bertz CT molecular complexity index is 461. The molecule has 20 heavy (non-hydrogen) atoms. The van der Waals surface area contributed by atoms with Gasteiger partial charge in [0.05, 0.1) is 12.7 Å². The van der Waals surface area contributed by atoms with Gasteiger partial charge in [-0.15, -0.1) is 0 Å². The van der Waals surface area contributed by atoms with E-state index in [1.165, 1.54) is 19.3 Å². The summed E-state index contributed by atoms with van der Waals surface area (Å²) in [6.07, 6.45) is 5.49. The molecular formula is C17H24O3. The van der Waals surface area contributed by atoms with E-state index in [1.54, 1.807) is 14.2 Å². The third-order valence-corrected chi connectivity index (χ3v) is 4.21. The Morgan fingerprint density at radius 1 is 1.20 bits per heavy atom. The smallest absolute Gasteiger partial charge is 0.195 e. The van der Waals surface area contributed by atoms with Gasteiger partial charge in [-0.2, -0.15) is 0 Å². The molecule has 1 aliphatic rings. The van der Waals surface area contributed by atoms with Crippen LogP contribution in [0.3, 0.4) is 0 Å². The van der Waals surface area contributed by atoms with Crippen LogP contribution in [0.5, 0.6) is 5.75 Å². The van der Waals surface area contributed by atoms with Crippen LogP contribution in [0.25, 0.3) is 0 Å². The van der Waals surface area contributed by atoms with Crippen molar-refractivity contribution in [1.82, 2.24) is 0 Å². The second kappa shape index (κ2) is 6.89. The summed E-state index contributed by atoms with van der Waals surface area (Å²) < 4.78 is 10.9. The Morgan fingerprint density at radius 3 is 2.50 bits per heavy atom. The Balaban J connectivity index is 2.25. The number of ketones is 1. The lowest BCUT2D eigenvalue weighted by molar-refractivity contribution is 0.0312. The fourth-order valence-corrected chi connectivity index (χ4v) is 3.12. The van der Waals surface area contributed by atoms with Crippen LogP contribution in [0.15, 0.2) is 18.2 Å². The minimum absolute atomic E-state index is 0.0555. The highest BCUT2D eigenvalue weighted by Crippen LogP contribution is 2.31. The molecule has 1 fully saturated rings. The van der Waals surface area contributed by atoms with Crippen LogP contribution in [0.1, 0.15) is 48.0 Å². The van der Waals surface area contributed by atoms with E-state index in [1.807, 2.05) is 25.1 Å². The molecule has 1 unspecified atom stereocenters. The third-order valence-electron chi connectivity index (χ3n) is 4.21. The van der Waals surface area contributed by atoms with Gasteiger partial charge in [-0.05, 0) is 37.8 Å². The quantitative estimate of drug-likeness (QED) is 0.768. The molecule has 1 saturated carbocycles. The first-order valence-corrected chi connectivity index (χ1v) is 7.39. The summed E-state index contributed by atoms with van der Waals surface area (Å²) in [5, 5.41) is 0. The van der Waals surface area contributed by atoms with Crippen molar-refractivity contribution in [3.63, 3.8) is 0 Å². The highest BCUT2D eigenvalue weighted by molar-refractivity contribution is 6.02. The Morgan fingerprint density at radius 2 is 1.90 bits per heavy atom. The average molecular weight is 276 g/mol. The molecule has 110 valence electrons. The number of hydrogen-bond donors (Lipinski definition) is 0. The normalized spacial score (nSPS) is 17.8. The van der Waals surface area contributed by atoms with E-state index in [2.05, 4.69) is 0 Å². The summed E-state index contributed by atoms with van der Waals surface area (Å²) in [6, 6.07) is 5.71. The van der Waals surface area contributed by atoms with E-state index >= 15 is 0 Å². The molecule has 1 aliphatic carbocycles. The number of methoxy groups -OCH3 is 2. The van der Waals surface area contributed by atoms with Gasteiger partial charge < -0.3 is 9.47 Å². The number of hydrogen-bond acceptors (Lipinski definition) is 3. The largest absolute Gasteiger partial charge is 0.496 e. The van der Waals surface area contributed by atoms with E-state index in [4.69, 9.17) is 9.47 Å². The summed E-state index contributed by atoms with van der Waals surface area (Å²) in [5.41, 5.74) is 1.71. The van der Waals surface area contributed by atoms with Gasteiger partial charge in [0.15, 0.2) is 5.78 Å². The third kappa shape index (κ3) is 3.21. The number of aryl methyl sites for hydroxylation is 1. The summed E-state index contributed by atoms with van der Waals surface area (Å²) in [4.78, 5) is 12.8. The van der Waals surface area contributed by atoms with Crippen LogP contribution in [0.4, 0.5) is 0 Å². The number of carbonyl (C=O) groups excluding carboxylic acids is 1. The van der Waals surface area contributed by atoms with Crippen molar-refractivity contribution in [2.45, 2.75) is 45.1 Å². The molecule has 0 heterocycles. The Kier molecular flexibility index (Phi) is 5.18. The van der Waals surface area contributed by atoms with E-state index in [0.717, 1.165) is 18.4 Å². The average Bonchev–Trinajstić information content (AvgIpc) is 2.49. The highest BCUT2D eigenvalue weighted by Gasteiger charge is 2.31. The van der Waals surface area contributed by atoms with Gasteiger partial charge in [-0.3, -0.25) is 4.79 Å². The molecule has 0 saturated heterocycles. The lowest BCUT2D eigenvalue weighted by Gasteiger charge is -2.28. The van der Waals surface area contributed by atoms with Crippen LogP contribution in [0, 0.1) is 12.8 Å². The van der Waals surface area contributed by atoms with Crippen molar-refractivity contribution < 1.29 is 14.3 Å².